The predicted molar refractivity (Wildman–Crippen MR) is 89.9 cm³/mol. The number of hydrogen-bond donors (Lipinski definition) is 0. The molecule has 6 nitrogen and oxygen atoms in total. The number of carbonyl (C=O) groups is 2. The largest absolute Gasteiger partial charge is 0.461 e. The highest BCUT2D eigenvalue weighted by Gasteiger charge is 2.50. The number of piperidine rings is 1. The first-order chi connectivity index (χ1) is 12.6. The molecule has 0 radical (unpaired) electrons. The van der Waals surface area contributed by atoms with Gasteiger partial charge in [-0.1, -0.05) is 0 Å². The van der Waals surface area contributed by atoms with Crippen LogP contribution >= 0.6 is 0 Å². The van der Waals surface area contributed by atoms with Crippen LogP contribution in [0.2, 0.25) is 0 Å². The number of esters is 1. The van der Waals surface area contributed by atoms with E-state index >= 15 is 0 Å². The number of nitrogens with zero attached hydrogens (tertiary/aromatic N) is 3. The van der Waals surface area contributed by atoms with Gasteiger partial charge in [-0.2, -0.15) is 13.2 Å². The van der Waals surface area contributed by atoms with E-state index in [1.807, 2.05) is 19.0 Å². The Hall–Kier alpha value is -2.16. The molecule has 148 valence electrons. The third-order valence-corrected chi connectivity index (χ3v) is 5.21. The zero-order valence-corrected chi connectivity index (χ0v) is 15.3. The van der Waals surface area contributed by atoms with E-state index in [2.05, 4.69) is 4.98 Å². The van der Waals surface area contributed by atoms with Gasteiger partial charge in [0.15, 0.2) is 0 Å². The third-order valence-electron chi connectivity index (χ3n) is 5.21. The number of carbonyl (C=O) groups excluding carboxylic acids is 2. The molecular weight excluding hydrogens is 363 g/mol. The fraction of sp³-hybridized carbons (Fsp3) is 0.611. The van der Waals surface area contributed by atoms with Crippen molar-refractivity contribution in [3.8, 4) is 0 Å². The minimum absolute atomic E-state index is 0.0970. The van der Waals surface area contributed by atoms with E-state index in [0.717, 1.165) is 12.3 Å². The summed E-state index contributed by atoms with van der Waals surface area (Å²) in [5.41, 5.74) is -1.64. The van der Waals surface area contributed by atoms with Crippen molar-refractivity contribution >= 4 is 11.9 Å². The number of cyclic esters (lactones) is 1. The monoisotopic (exact) mass is 385 g/mol. The van der Waals surface area contributed by atoms with Gasteiger partial charge in [0.25, 0.3) is 5.91 Å². The molecule has 0 N–H and O–H groups in total. The lowest BCUT2D eigenvalue weighted by Crippen LogP contribution is -2.45. The Labute approximate surface area is 155 Å². The molecule has 9 heteroatoms. The number of ether oxygens (including phenoxy) is 1. The van der Waals surface area contributed by atoms with Crippen LogP contribution < -0.4 is 0 Å². The van der Waals surface area contributed by atoms with Crippen LogP contribution in [0.1, 0.15) is 35.2 Å². The molecule has 1 spiro atoms. The number of likely N-dealkylation sites (N-methyl/N-ethyl adjacent to an activating group) is 1. The molecule has 2 aliphatic heterocycles. The normalized spacial score (nSPS) is 22.4. The zero-order chi connectivity index (χ0) is 19.8. The standard InChI is InChI=1S/C18H22F3N3O3/c1-23(2)11-14-8-17(16(26)27-14)3-5-24(6-4-17)15(25)12-7-13(10-22-9-12)18(19,20)21/h7,9-10,14H,3-6,8,11H2,1-2H3. The van der Waals surface area contributed by atoms with Crippen LogP contribution in [0.4, 0.5) is 13.2 Å². The summed E-state index contributed by atoms with van der Waals surface area (Å²) in [6.07, 6.45) is -1.37. The number of pyridine rings is 1. The summed E-state index contributed by atoms with van der Waals surface area (Å²) in [4.78, 5) is 31.9. The van der Waals surface area contributed by atoms with Crippen molar-refractivity contribution in [2.75, 3.05) is 33.7 Å². The first-order valence-corrected chi connectivity index (χ1v) is 8.78. The molecule has 1 amide bonds. The highest BCUT2D eigenvalue weighted by molar-refractivity contribution is 5.94. The molecule has 2 saturated heterocycles. The molecule has 0 saturated carbocycles. The number of amides is 1. The maximum absolute atomic E-state index is 12.8. The molecule has 1 aromatic heterocycles. The van der Waals surface area contributed by atoms with Crippen LogP contribution in [0.25, 0.3) is 0 Å². The van der Waals surface area contributed by atoms with Crippen molar-refractivity contribution in [1.82, 2.24) is 14.8 Å². The summed E-state index contributed by atoms with van der Waals surface area (Å²) in [7, 11) is 3.81. The summed E-state index contributed by atoms with van der Waals surface area (Å²) < 4.78 is 44.0. The van der Waals surface area contributed by atoms with Gasteiger partial charge in [-0.15, -0.1) is 0 Å². The van der Waals surface area contributed by atoms with Gasteiger partial charge >= 0.3 is 12.1 Å². The molecule has 0 bridgehead atoms. The summed E-state index contributed by atoms with van der Waals surface area (Å²) >= 11 is 0. The minimum Gasteiger partial charge on any atom is -0.461 e. The summed E-state index contributed by atoms with van der Waals surface area (Å²) in [5.74, 6) is -0.734. The van der Waals surface area contributed by atoms with Gasteiger partial charge in [0.2, 0.25) is 0 Å². The van der Waals surface area contributed by atoms with Gasteiger partial charge in [0, 0.05) is 38.4 Å². The number of rotatable bonds is 3. The van der Waals surface area contributed by atoms with E-state index in [4.69, 9.17) is 4.74 Å². The molecule has 2 aliphatic rings. The number of alkyl halides is 3. The molecule has 0 aliphatic carbocycles. The molecular formula is C18H22F3N3O3. The van der Waals surface area contributed by atoms with Crippen LogP contribution in [0.5, 0.6) is 0 Å². The molecule has 1 atom stereocenters. The smallest absolute Gasteiger partial charge is 0.417 e. The Balaban J connectivity index is 1.66. The summed E-state index contributed by atoms with van der Waals surface area (Å²) in [6.45, 7) is 1.25. The van der Waals surface area contributed by atoms with E-state index in [9.17, 15) is 22.8 Å². The lowest BCUT2D eigenvalue weighted by atomic mass is 9.76. The molecule has 1 unspecified atom stereocenters. The topological polar surface area (TPSA) is 62.7 Å². The predicted octanol–water partition coefficient (Wildman–Crippen LogP) is 2.20. The molecule has 3 heterocycles. The SMILES string of the molecule is CN(C)CC1CC2(CCN(C(=O)c3cncc(C(F)(F)F)c3)CC2)C(=O)O1. The first-order valence-electron chi connectivity index (χ1n) is 8.78. The van der Waals surface area contributed by atoms with Crippen molar-refractivity contribution in [2.24, 2.45) is 5.41 Å². The Morgan fingerprint density at radius 3 is 2.59 bits per heavy atom. The second-order valence-electron chi connectivity index (χ2n) is 7.53. The first kappa shape index (κ1) is 19.6. The van der Waals surface area contributed by atoms with Crippen molar-refractivity contribution in [1.29, 1.82) is 0 Å². The number of hydrogen-bond acceptors (Lipinski definition) is 5. The Morgan fingerprint density at radius 1 is 1.33 bits per heavy atom. The van der Waals surface area contributed by atoms with Crippen LogP contribution in [-0.4, -0.2) is 66.5 Å². The third kappa shape index (κ3) is 4.07. The van der Waals surface area contributed by atoms with E-state index < -0.39 is 23.1 Å². The maximum Gasteiger partial charge on any atom is 0.417 e. The average Bonchev–Trinajstić information content (AvgIpc) is 2.88. The number of likely N-dealkylation sites (tertiary alicyclic amines) is 1. The molecule has 0 aromatic carbocycles. The van der Waals surface area contributed by atoms with Gasteiger partial charge in [-0.3, -0.25) is 14.6 Å². The molecule has 27 heavy (non-hydrogen) atoms. The van der Waals surface area contributed by atoms with Crippen molar-refractivity contribution in [3.05, 3.63) is 29.6 Å². The summed E-state index contributed by atoms with van der Waals surface area (Å²) in [5, 5.41) is 0. The van der Waals surface area contributed by atoms with Crippen LogP contribution in [0, 0.1) is 5.41 Å². The van der Waals surface area contributed by atoms with Crippen molar-refractivity contribution in [2.45, 2.75) is 31.5 Å². The summed E-state index contributed by atoms with van der Waals surface area (Å²) in [6, 6.07) is 0.816. The second-order valence-corrected chi connectivity index (χ2v) is 7.53. The maximum atomic E-state index is 12.8. The van der Waals surface area contributed by atoms with Crippen LogP contribution in [0.15, 0.2) is 18.5 Å². The Kier molecular flexibility index (Phi) is 5.16. The van der Waals surface area contributed by atoms with E-state index in [1.54, 1.807) is 0 Å². The van der Waals surface area contributed by atoms with E-state index in [-0.39, 0.29) is 17.6 Å². The van der Waals surface area contributed by atoms with Gasteiger partial charge in [0.1, 0.15) is 6.10 Å². The quantitative estimate of drug-likeness (QED) is 0.747. The highest BCUT2D eigenvalue weighted by atomic mass is 19.4. The van der Waals surface area contributed by atoms with Crippen molar-refractivity contribution < 1.29 is 27.5 Å². The second kappa shape index (κ2) is 7.10. The Morgan fingerprint density at radius 2 is 2.00 bits per heavy atom. The van der Waals surface area contributed by atoms with Gasteiger partial charge in [0.05, 0.1) is 16.5 Å². The zero-order valence-electron chi connectivity index (χ0n) is 15.3. The molecule has 2 fully saturated rings. The molecule has 3 rings (SSSR count). The van der Waals surface area contributed by atoms with Gasteiger partial charge in [-0.25, -0.2) is 0 Å². The van der Waals surface area contributed by atoms with Crippen LogP contribution in [0.3, 0.4) is 0 Å². The van der Waals surface area contributed by atoms with E-state index in [0.29, 0.717) is 45.1 Å². The van der Waals surface area contributed by atoms with Crippen LogP contribution in [-0.2, 0) is 15.7 Å². The molecule has 1 aromatic rings. The minimum atomic E-state index is -4.55. The Bertz CT molecular complexity index is 728. The lowest BCUT2D eigenvalue weighted by molar-refractivity contribution is -0.150. The fourth-order valence-corrected chi connectivity index (χ4v) is 3.79. The van der Waals surface area contributed by atoms with E-state index in [1.165, 1.54) is 4.90 Å². The lowest BCUT2D eigenvalue weighted by Gasteiger charge is -2.36. The van der Waals surface area contributed by atoms with Gasteiger partial charge < -0.3 is 14.5 Å². The number of aromatic nitrogens is 1. The van der Waals surface area contributed by atoms with Crippen molar-refractivity contribution in [3.63, 3.8) is 0 Å². The van der Waals surface area contributed by atoms with Gasteiger partial charge in [-0.05, 0) is 33.0 Å². The highest BCUT2D eigenvalue weighted by Crippen LogP contribution is 2.43. The average molecular weight is 385 g/mol. The fourth-order valence-electron chi connectivity index (χ4n) is 3.79. The number of halogens is 3.